The number of aromatic nitrogens is 4. The van der Waals surface area contributed by atoms with Gasteiger partial charge >= 0.3 is 0 Å². The number of rotatable bonds is 3. The van der Waals surface area contributed by atoms with E-state index in [4.69, 9.17) is 9.40 Å². The minimum atomic E-state index is 0.779. The van der Waals surface area contributed by atoms with Gasteiger partial charge in [-0.05, 0) is 66.2 Å². The van der Waals surface area contributed by atoms with Crippen LogP contribution in [0.2, 0.25) is 0 Å². The van der Waals surface area contributed by atoms with E-state index in [9.17, 15) is 0 Å². The average molecular weight is 489 g/mol. The van der Waals surface area contributed by atoms with Gasteiger partial charge in [-0.1, -0.05) is 42.5 Å². The highest BCUT2D eigenvalue weighted by molar-refractivity contribution is 6.10. The molecule has 0 bridgehead atoms. The molecular weight excluding hydrogens is 468 g/mol. The lowest BCUT2D eigenvalue weighted by atomic mass is 10.0. The summed E-state index contributed by atoms with van der Waals surface area (Å²) in [5.74, 6) is 0. The molecule has 8 aromatic rings. The Morgan fingerprint density at radius 2 is 1.39 bits per heavy atom. The van der Waals surface area contributed by atoms with Crippen LogP contribution >= 0.6 is 0 Å². The van der Waals surface area contributed by atoms with E-state index >= 15 is 0 Å². The van der Waals surface area contributed by atoms with Crippen molar-refractivity contribution in [1.82, 2.24) is 19.5 Å². The van der Waals surface area contributed by atoms with E-state index in [1.54, 1.807) is 0 Å². The maximum atomic E-state index is 6.43. The molecule has 5 heterocycles. The molecule has 3 aromatic carbocycles. The molecule has 5 nitrogen and oxygen atoms in total. The lowest BCUT2D eigenvalue weighted by Crippen LogP contribution is -1.93. The minimum absolute atomic E-state index is 0.779. The quantitative estimate of drug-likeness (QED) is 0.251. The van der Waals surface area contributed by atoms with Gasteiger partial charge in [-0.2, -0.15) is 0 Å². The van der Waals surface area contributed by atoms with Crippen molar-refractivity contribution >= 4 is 44.0 Å². The molecule has 0 aliphatic rings. The summed E-state index contributed by atoms with van der Waals surface area (Å²) in [4.78, 5) is 13.9. The molecule has 5 aromatic heterocycles. The van der Waals surface area contributed by atoms with E-state index in [1.807, 2.05) is 55.0 Å². The molecular formula is C33H20N4O. The molecule has 0 saturated heterocycles. The van der Waals surface area contributed by atoms with Crippen LogP contribution in [0, 0.1) is 0 Å². The first-order chi connectivity index (χ1) is 18.8. The van der Waals surface area contributed by atoms with E-state index < -0.39 is 0 Å². The maximum absolute atomic E-state index is 6.43. The molecule has 5 heteroatoms. The second kappa shape index (κ2) is 8.11. The van der Waals surface area contributed by atoms with Gasteiger partial charge in [0.15, 0.2) is 5.58 Å². The minimum Gasteiger partial charge on any atom is -0.454 e. The van der Waals surface area contributed by atoms with Crippen LogP contribution in [0.4, 0.5) is 0 Å². The van der Waals surface area contributed by atoms with Gasteiger partial charge in [0.2, 0.25) is 0 Å². The first kappa shape index (κ1) is 20.9. The summed E-state index contributed by atoms with van der Waals surface area (Å²) in [6.45, 7) is 0. The molecule has 0 radical (unpaired) electrons. The Balaban J connectivity index is 1.33. The second-order valence-electron chi connectivity index (χ2n) is 9.34. The molecule has 0 aliphatic heterocycles. The molecule has 178 valence electrons. The summed E-state index contributed by atoms with van der Waals surface area (Å²) < 4.78 is 8.69. The van der Waals surface area contributed by atoms with Gasteiger partial charge in [0.25, 0.3) is 0 Å². The molecule has 0 fully saturated rings. The summed E-state index contributed by atoms with van der Waals surface area (Å²) >= 11 is 0. The van der Waals surface area contributed by atoms with Crippen LogP contribution in [-0.4, -0.2) is 19.5 Å². The molecule has 0 amide bonds. The fourth-order valence-electron chi connectivity index (χ4n) is 5.45. The van der Waals surface area contributed by atoms with Crippen molar-refractivity contribution in [2.75, 3.05) is 0 Å². The van der Waals surface area contributed by atoms with Gasteiger partial charge < -0.3 is 8.98 Å². The van der Waals surface area contributed by atoms with Crippen LogP contribution in [0.1, 0.15) is 0 Å². The smallest absolute Gasteiger partial charge is 0.161 e. The third-order valence-electron chi connectivity index (χ3n) is 7.15. The van der Waals surface area contributed by atoms with Crippen molar-refractivity contribution < 1.29 is 4.42 Å². The average Bonchev–Trinajstić information content (AvgIpc) is 3.53. The third-order valence-corrected chi connectivity index (χ3v) is 7.15. The summed E-state index contributed by atoms with van der Waals surface area (Å²) in [5, 5.41) is 2.11. The van der Waals surface area contributed by atoms with Gasteiger partial charge in [0.05, 0.1) is 22.2 Å². The summed E-state index contributed by atoms with van der Waals surface area (Å²) in [6, 6.07) is 35.2. The standard InChI is InChI=1S/C33H20N4O/c1-2-11-28-25(9-1)31-29(12-6-17-35-31)37(28)23-13-14-30-26(20-23)32-33(38-30)24(15-18-36-32)21-7-5-8-22(19-21)27-10-3-4-16-34-27/h1-20H. The van der Waals surface area contributed by atoms with Crippen LogP contribution in [0.25, 0.3) is 72.1 Å². The number of pyridine rings is 3. The Bertz CT molecular complexity index is 2090. The number of fused-ring (bicyclic) bond motifs is 6. The maximum Gasteiger partial charge on any atom is 0.161 e. The fourth-order valence-corrected chi connectivity index (χ4v) is 5.45. The number of benzene rings is 3. The number of nitrogens with zero attached hydrogens (tertiary/aromatic N) is 4. The number of hydrogen-bond donors (Lipinski definition) is 0. The van der Waals surface area contributed by atoms with Crippen LogP contribution in [0.3, 0.4) is 0 Å². The SMILES string of the molecule is c1ccc(-c2cccc(-c3ccnc4c3oc3ccc(-n5c6ccccc6c6ncccc65)cc34)c2)nc1. The Labute approximate surface area is 217 Å². The first-order valence-corrected chi connectivity index (χ1v) is 12.5. The highest BCUT2D eigenvalue weighted by atomic mass is 16.3. The van der Waals surface area contributed by atoms with Crippen LogP contribution in [-0.2, 0) is 0 Å². The molecule has 0 unspecified atom stereocenters. The normalized spacial score (nSPS) is 11.7. The summed E-state index contributed by atoms with van der Waals surface area (Å²) in [6.07, 6.45) is 5.52. The largest absolute Gasteiger partial charge is 0.454 e. The Morgan fingerprint density at radius 3 is 2.34 bits per heavy atom. The predicted molar refractivity (Wildman–Crippen MR) is 152 cm³/mol. The molecule has 38 heavy (non-hydrogen) atoms. The number of hydrogen-bond acceptors (Lipinski definition) is 4. The van der Waals surface area contributed by atoms with Crippen molar-refractivity contribution in [2.45, 2.75) is 0 Å². The second-order valence-corrected chi connectivity index (χ2v) is 9.34. The van der Waals surface area contributed by atoms with E-state index in [0.29, 0.717) is 0 Å². The van der Waals surface area contributed by atoms with Crippen LogP contribution < -0.4 is 0 Å². The summed E-state index contributed by atoms with van der Waals surface area (Å²) in [5.41, 5.74) is 10.7. The van der Waals surface area contributed by atoms with E-state index in [-0.39, 0.29) is 0 Å². The molecule has 0 atom stereocenters. The lowest BCUT2D eigenvalue weighted by Gasteiger charge is -2.07. The van der Waals surface area contributed by atoms with Crippen LogP contribution in [0.15, 0.2) is 126 Å². The van der Waals surface area contributed by atoms with Gasteiger partial charge in [-0.3, -0.25) is 15.0 Å². The zero-order valence-electron chi connectivity index (χ0n) is 20.2. The van der Waals surface area contributed by atoms with E-state index in [2.05, 4.69) is 81.3 Å². The third kappa shape index (κ3) is 3.09. The van der Waals surface area contributed by atoms with Crippen LogP contribution in [0.5, 0.6) is 0 Å². The molecule has 0 saturated carbocycles. The monoisotopic (exact) mass is 488 g/mol. The van der Waals surface area contributed by atoms with Gasteiger partial charge in [-0.15, -0.1) is 0 Å². The molecule has 8 rings (SSSR count). The zero-order chi connectivity index (χ0) is 25.1. The number of furan rings is 1. The highest BCUT2D eigenvalue weighted by Gasteiger charge is 2.17. The Morgan fingerprint density at radius 1 is 0.553 bits per heavy atom. The molecule has 0 N–H and O–H groups in total. The zero-order valence-corrected chi connectivity index (χ0v) is 20.2. The first-order valence-electron chi connectivity index (χ1n) is 12.5. The molecule has 0 aliphatic carbocycles. The number of para-hydroxylation sites is 1. The predicted octanol–water partition coefficient (Wildman–Crippen LogP) is 8.20. The van der Waals surface area contributed by atoms with E-state index in [0.717, 1.165) is 72.1 Å². The van der Waals surface area contributed by atoms with Crippen molar-refractivity contribution in [1.29, 1.82) is 0 Å². The van der Waals surface area contributed by atoms with E-state index in [1.165, 1.54) is 0 Å². The molecule has 0 spiro atoms. The van der Waals surface area contributed by atoms with Crippen molar-refractivity contribution in [3.05, 3.63) is 122 Å². The van der Waals surface area contributed by atoms with Crippen molar-refractivity contribution in [3.63, 3.8) is 0 Å². The van der Waals surface area contributed by atoms with Gasteiger partial charge in [0.1, 0.15) is 11.1 Å². The van der Waals surface area contributed by atoms with Crippen molar-refractivity contribution in [2.24, 2.45) is 0 Å². The van der Waals surface area contributed by atoms with Crippen molar-refractivity contribution in [3.8, 4) is 28.1 Å². The topological polar surface area (TPSA) is 56.7 Å². The van der Waals surface area contributed by atoms with Gasteiger partial charge in [0, 0.05) is 46.2 Å². The summed E-state index contributed by atoms with van der Waals surface area (Å²) in [7, 11) is 0. The Hall–Kier alpha value is -5.29. The fraction of sp³-hybridized carbons (Fsp3) is 0. The lowest BCUT2D eigenvalue weighted by molar-refractivity contribution is 0.669. The Kier molecular flexibility index (Phi) is 4.45. The van der Waals surface area contributed by atoms with Gasteiger partial charge in [-0.25, -0.2) is 0 Å². The highest BCUT2D eigenvalue weighted by Crippen LogP contribution is 2.38.